The Morgan fingerprint density at radius 2 is 2.00 bits per heavy atom. The average Bonchev–Trinajstić information content (AvgIpc) is 3.05. The van der Waals surface area contributed by atoms with Gasteiger partial charge in [-0.15, -0.1) is 11.3 Å². The number of thiazole rings is 1. The Morgan fingerprint density at radius 1 is 1.33 bits per heavy atom. The number of hydrogen-bond acceptors (Lipinski definition) is 5. The maximum atomic E-state index is 12.9. The summed E-state index contributed by atoms with van der Waals surface area (Å²) in [7, 11) is 0. The van der Waals surface area contributed by atoms with E-state index in [4.69, 9.17) is 0 Å². The van der Waals surface area contributed by atoms with Gasteiger partial charge in [-0.3, -0.25) is 9.59 Å². The van der Waals surface area contributed by atoms with Crippen LogP contribution in [0.3, 0.4) is 0 Å². The van der Waals surface area contributed by atoms with Gasteiger partial charge in [-0.05, 0) is 12.8 Å². The van der Waals surface area contributed by atoms with Crippen molar-refractivity contribution in [1.82, 2.24) is 4.98 Å². The maximum Gasteiger partial charge on any atom is 0.340 e. The fraction of sp³-hybridized carbons (Fsp3) is 0.500. The Balaban J connectivity index is 1.99. The van der Waals surface area contributed by atoms with E-state index in [1.807, 2.05) is 0 Å². The van der Waals surface area contributed by atoms with Gasteiger partial charge in [-0.1, -0.05) is 12.2 Å². The third-order valence-corrected chi connectivity index (χ3v) is 4.15. The summed E-state index contributed by atoms with van der Waals surface area (Å²) < 4.78 is 54.2. The van der Waals surface area contributed by atoms with Gasteiger partial charge >= 0.3 is 18.3 Å². The van der Waals surface area contributed by atoms with Crippen LogP contribution in [0.15, 0.2) is 23.7 Å². The fourth-order valence-electron chi connectivity index (χ4n) is 2.19. The molecule has 0 unspecified atom stereocenters. The first-order chi connectivity index (χ1) is 11.3. The predicted molar refractivity (Wildman–Crippen MR) is 78.0 cm³/mol. The third kappa shape index (κ3) is 4.53. The standard InChI is InChI=1S/C14H14F4N2O3S/c15-12(16)14(17,18)7-23-11(22)9-4-2-1-3-8(9)10(21)20-13-19-5-6-24-13/h1-2,5-6,8-9,12H,3-4,7H2,(H,19,20,21)/t8-,9-/m1/s1. The highest BCUT2D eigenvalue weighted by Gasteiger charge is 2.43. The van der Waals surface area contributed by atoms with Gasteiger partial charge in [0.25, 0.3) is 0 Å². The molecule has 132 valence electrons. The lowest BCUT2D eigenvalue weighted by atomic mass is 9.82. The summed E-state index contributed by atoms with van der Waals surface area (Å²) in [6, 6.07) is 0. The minimum atomic E-state index is -4.42. The molecule has 1 aromatic heterocycles. The Kier molecular flexibility index (Phi) is 5.92. The SMILES string of the molecule is O=C(Nc1nccs1)[C@@H]1CC=CC[C@H]1C(=O)OCC(F)(F)C(F)F. The molecule has 0 radical (unpaired) electrons. The van der Waals surface area contributed by atoms with Crippen LogP contribution in [0, 0.1) is 11.8 Å². The van der Waals surface area contributed by atoms with E-state index >= 15 is 0 Å². The van der Waals surface area contributed by atoms with Crippen LogP contribution in [0.25, 0.3) is 0 Å². The van der Waals surface area contributed by atoms with Crippen LogP contribution >= 0.6 is 11.3 Å². The molecular formula is C14H14F4N2O3S. The molecule has 0 fully saturated rings. The fourth-order valence-corrected chi connectivity index (χ4v) is 2.72. The molecule has 0 spiro atoms. The molecule has 1 aromatic rings. The summed E-state index contributed by atoms with van der Waals surface area (Å²) in [6.07, 6.45) is 1.17. The summed E-state index contributed by atoms with van der Waals surface area (Å²) in [6.45, 7) is -1.72. The summed E-state index contributed by atoms with van der Waals surface area (Å²) in [4.78, 5) is 28.1. The van der Waals surface area contributed by atoms with E-state index in [9.17, 15) is 27.2 Å². The zero-order valence-corrected chi connectivity index (χ0v) is 13.1. The molecule has 0 saturated heterocycles. The zero-order valence-electron chi connectivity index (χ0n) is 12.3. The van der Waals surface area contributed by atoms with Crippen molar-refractivity contribution >= 4 is 28.3 Å². The molecule has 0 bridgehead atoms. The second-order valence-electron chi connectivity index (χ2n) is 5.15. The highest BCUT2D eigenvalue weighted by Crippen LogP contribution is 2.30. The van der Waals surface area contributed by atoms with Crippen molar-refractivity contribution in [3.05, 3.63) is 23.7 Å². The first-order valence-electron chi connectivity index (χ1n) is 6.99. The molecule has 0 aromatic carbocycles. The van der Waals surface area contributed by atoms with E-state index in [1.54, 1.807) is 17.5 Å². The number of aromatic nitrogens is 1. The lowest BCUT2D eigenvalue weighted by Crippen LogP contribution is -2.39. The van der Waals surface area contributed by atoms with E-state index in [0.717, 1.165) is 0 Å². The van der Waals surface area contributed by atoms with Gasteiger partial charge < -0.3 is 10.1 Å². The first-order valence-corrected chi connectivity index (χ1v) is 7.87. The van der Waals surface area contributed by atoms with Crippen molar-refractivity contribution in [3.8, 4) is 0 Å². The Labute approximate surface area is 138 Å². The first kappa shape index (κ1) is 18.4. The summed E-state index contributed by atoms with van der Waals surface area (Å²) in [5, 5.41) is 4.51. The van der Waals surface area contributed by atoms with Crippen molar-refractivity contribution in [1.29, 1.82) is 0 Å². The monoisotopic (exact) mass is 366 g/mol. The highest BCUT2D eigenvalue weighted by molar-refractivity contribution is 7.13. The smallest absolute Gasteiger partial charge is 0.340 e. The molecule has 1 amide bonds. The van der Waals surface area contributed by atoms with Crippen LogP contribution in [0.1, 0.15) is 12.8 Å². The van der Waals surface area contributed by atoms with Crippen molar-refractivity contribution < 1.29 is 31.9 Å². The van der Waals surface area contributed by atoms with E-state index in [0.29, 0.717) is 5.13 Å². The molecule has 1 heterocycles. The van der Waals surface area contributed by atoms with Gasteiger partial charge in [-0.2, -0.15) is 8.78 Å². The molecule has 1 N–H and O–H groups in total. The molecule has 2 atom stereocenters. The number of alkyl halides is 4. The lowest BCUT2D eigenvalue weighted by Gasteiger charge is -2.26. The zero-order chi connectivity index (χ0) is 17.7. The second kappa shape index (κ2) is 7.73. The maximum absolute atomic E-state index is 12.9. The molecule has 5 nitrogen and oxygen atoms in total. The highest BCUT2D eigenvalue weighted by atomic mass is 32.1. The van der Waals surface area contributed by atoms with Gasteiger partial charge in [0.15, 0.2) is 11.7 Å². The number of carbonyl (C=O) groups is 2. The Morgan fingerprint density at radius 3 is 2.58 bits per heavy atom. The normalized spacial score (nSPS) is 20.9. The minimum absolute atomic E-state index is 0.106. The quantitative estimate of drug-likeness (QED) is 0.477. The number of hydrogen-bond donors (Lipinski definition) is 1. The molecule has 2 rings (SSSR count). The number of esters is 1. The van der Waals surface area contributed by atoms with Gasteiger partial charge in [0.2, 0.25) is 5.91 Å². The minimum Gasteiger partial charge on any atom is -0.459 e. The molecule has 1 aliphatic carbocycles. The number of ether oxygens (including phenoxy) is 1. The van der Waals surface area contributed by atoms with E-state index in [2.05, 4.69) is 15.0 Å². The Hall–Kier alpha value is -1.97. The number of anilines is 1. The number of nitrogens with zero attached hydrogens (tertiary/aromatic N) is 1. The Bertz CT molecular complexity index is 607. The van der Waals surface area contributed by atoms with Gasteiger partial charge in [-0.25, -0.2) is 13.8 Å². The lowest BCUT2D eigenvalue weighted by molar-refractivity contribution is -0.184. The number of carbonyl (C=O) groups excluding carboxylic acids is 2. The van der Waals surface area contributed by atoms with Crippen LogP contribution in [-0.2, 0) is 14.3 Å². The average molecular weight is 366 g/mol. The van der Waals surface area contributed by atoms with Crippen LogP contribution in [-0.4, -0.2) is 35.8 Å². The van der Waals surface area contributed by atoms with E-state index in [-0.39, 0.29) is 12.8 Å². The molecule has 24 heavy (non-hydrogen) atoms. The van der Waals surface area contributed by atoms with E-state index < -0.39 is 42.7 Å². The number of allylic oxidation sites excluding steroid dienone is 2. The molecule has 0 aliphatic heterocycles. The van der Waals surface area contributed by atoms with Gasteiger partial charge in [0.1, 0.15) is 0 Å². The largest absolute Gasteiger partial charge is 0.459 e. The van der Waals surface area contributed by atoms with Crippen LogP contribution in [0.2, 0.25) is 0 Å². The number of rotatable bonds is 6. The third-order valence-electron chi connectivity index (χ3n) is 3.46. The molecule has 0 saturated carbocycles. The molecule has 1 aliphatic rings. The van der Waals surface area contributed by atoms with Crippen molar-refractivity contribution in [2.45, 2.75) is 25.2 Å². The number of halogens is 4. The van der Waals surface area contributed by atoms with Crippen molar-refractivity contribution in [3.63, 3.8) is 0 Å². The predicted octanol–water partition coefficient (Wildman–Crippen LogP) is 3.11. The van der Waals surface area contributed by atoms with Gasteiger partial charge in [0, 0.05) is 11.6 Å². The van der Waals surface area contributed by atoms with Crippen LogP contribution < -0.4 is 5.32 Å². The summed E-state index contributed by atoms with van der Waals surface area (Å²) in [5.41, 5.74) is 0. The summed E-state index contributed by atoms with van der Waals surface area (Å²) in [5.74, 6) is -7.87. The van der Waals surface area contributed by atoms with Crippen molar-refractivity contribution in [2.75, 3.05) is 11.9 Å². The van der Waals surface area contributed by atoms with Gasteiger partial charge in [0.05, 0.1) is 11.8 Å². The number of nitrogens with one attached hydrogen (secondary N) is 1. The van der Waals surface area contributed by atoms with Crippen LogP contribution in [0.5, 0.6) is 0 Å². The second-order valence-corrected chi connectivity index (χ2v) is 6.05. The van der Waals surface area contributed by atoms with Crippen molar-refractivity contribution in [2.24, 2.45) is 11.8 Å². The van der Waals surface area contributed by atoms with E-state index in [1.165, 1.54) is 17.5 Å². The topological polar surface area (TPSA) is 68.3 Å². The summed E-state index contributed by atoms with van der Waals surface area (Å²) >= 11 is 1.18. The van der Waals surface area contributed by atoms with Crippen LogP contribution in [0.4, 0.5) is 22.7 Å². The molecule has 10 heteroatoms. The number of amides is 1. The molecular weight excluding hydrogens is 352 g/mol.